The smallest absolute Gasteiger partial charge is 0.241 e. The first-order valence-corrected chi connectivity index (χ1v) is 6.00. The van der Waals surface area contributed by atoms with E-state index < -0.39 is 5.91 Å². The Balaban J connectivity index is 2.05. The molecule has 1 aromatic carbocycles. The highest BCUT2D eigenvalue weighted by Gasteiger charge is 2.01. The summed E-state index contributed by atoms with van der Waals surface area (Å²) in [7, 11) is 0. The number of hydrogen-bond acceptors (Lipinski definition) is 3. The first-order valence-electron chi connectivity index (χ1n) is 6.00. The van der Waals surface area contributed by atoms with Gasteiger partial charge in [-0.25, -0.2) is 0 Å². The first-order chi connectivity index (χ1) is 9.65. The lowest BCUT2D eigenvalue weighted by atomic mass is 10.1. The molecule has 2 rings (SSSR count). The number of carbonyl (C=O) groups excluding carboxylic acids is 2. The van der Waals surface area contributed by atoms with E-state index in [4.69, 9.17) is 10.2 Å². The van der Waals surface area contributed by atoms with E-state index in [1.165, 1.54) is 18.2 Å². The van der Waals surface area contributed by atoms with Crippen molar-refractivity contribution < 1.29 is 14.0 Å². The normalized spacial score (nSPS) is 11.2. The third kappa shape index (κ3) is 3.81. The molecule has 0 saturated carbocycles. The predicted molar refractivity (Wildman–Crippen MR) is 76.7 cm³/mol. The van der Waals surface area contributed by atoms with Crippen LogP contribution in [0.2, 0.25) is 0 Å². The van der Waals surface area contributed by atoms with E-state index in [1.54, 1.807) is 42.5 Å². The van der Waals surface area contributed by atoms with Gasteiger partial charge in [0.05, 0.1) is 0 Å². The van der Waals surface area contributed by atoms with Gasteiger partial charge in [0.15, 0.2) is 5.78 Å². The molecule has 4 nitrogen and oxygen atoms in total. The van der Waals surface area contributed by atoms with E-state index in [2.05, 4.69) is 0 Å². The Morgan fingerprint density at radius 1 is 0.900 bits per heavy atom. The van der Waals surface area contributed by atoms with Crippen molar-refractivity contribution in [3.05, 3.63) is 71.7 Å². The van der Waals surface area contributed by atoms with Crippen LogP contribution in [0.5, 0.6) is 0 Å². The maximum absolute atomic E-state index is 11.8. The fourth-order valence-corrected chi connectivity index (χ4v) is 1.57. The van der Waals surface area contributed by atoms with Gasteiger partial charge >= 0.3 is 0 Å². The van der Waals surface area contributed by atoms with Gasteiger partial charge in [-0.15, -0.1) is 0 Å². The van der Waals surface area contributed by atoms with E-state index in [1.807, 2.05) is 6.07 Å². The van der Waals surface area contributed by atoms with Gasteiger partial charge in [0.2, 0.25) is 5.91 Å². The van der Waals surface area contributed by atoms with Crippen LogP contribution >= 0.6 is 0 Å². The number of rotatable bonds is 5. The summed E-state index contributed by atoms with van der Waals surface area (Å²) in [6, 6.07) is 12.3. The zero-order chi connectivity index (χ0) is 14.4. The topological polar surface area (TPSA) is 73.3 Å². The van der Waals surface area contributed by atoms with Gasteiger partial charge in [0.1, 0.15) is 11.5 Å². The van der Waals surface area contributed by atoms with Gasteiger partial charge in [0, 0.05) is 11.6 Å². The van der Waals surface area contributed by atoms with Gasteiger partial charge in [-0.05, 0) is 30.4 Å². The van der Waals surface area contributed by atoms with Crippen LogP contribution in [0.4, 0.5) is 0 Å². The lowest BCUT2D eigenvalue weighted by Gasteiger charge is -1.93. The molecular weight excluding hydrogens is 254 g/mol. The SMILES string of the molecule is NC(=O)/C=C/c1ccc(/C=C/C(=O)c2ccccc2)o1. The van der Waals surface area contributed by atoms with Crippen LogP contribution in [0.1, 0.15) is 21.9 Å². The standard InChI is InChI=1S/C16H13NO3/c17-16(19)11-9-14-7-6-13(20-14)8-10-15(18)12-4-2-1-3-5-12/h1-11H,(H2,17,19)/b10-8+,11-9+. The monoisotopic (exact) mass is 267 g/mol. The molecule has 0 spiro atoms. The average molecular weight is 267 g/mol. The predicted octanol–water partition coefficient (Wildman–Crippen LogP) is 2.67. The summed E-state index contributed by atoms with van der Waals surface area (Å²) in [6.45, 7) is 0. The van der Waals surface area contributed by atoms with Crippen molar-refractivity contribution in [1.82, 2.24) is 0 Å². The minimum Gasteiger partial charge on any atom is -0.457 e. The fourth-order valence-electron chi connectivity index (χ4n) is 1.57. The quantitative estimate of drug-likeness (QED) is 0.668. The van der Waals surface area contributed by atoms with E-state index in [9.17, 15) is 9.59 Å². The molecule has 0 unspecified atom stereocenters. The van der Waals surface area contributed by atoms with Gasteiger partial charge in [-0.3, -0.25) is 9.59 Å². The number of nitrogens with two attached hydrogens (primary N) is 1. The number of furan rings is 1. The number of allylic oxidation sites excluding steroid dienone is 1. The number of benzene rings is 1. The molecule has 0 fully saturated rings. The van der Waals surface area contributed by atoms with Crippen molar-refractivity contribution in [1.29, 1.82) is 0 Å². The Morgan fingerprint density at radius 3 is 2.10 bits per heavy atom. The third-order valence-electron chi connectivity index (χ3n) is 2.52. The lowest BCUT2D eigenvalue weighted by Crippen LogP contribution is -2.04. The van der Waals surface area contributed by atoms with Crippen molar-refractivity contribution >= 4 is 23.8 Å². The van der Waals surface area contributed by atoms with Crippen LogP contribution in [-0.4, -0.2) is 11.7 Å². The second-order valence-electron chi connectivity index (χ2n) is 4.04. The highest BCUT2D eigenvalue weighted by molar-refractivity contribution is 6.06. The first kappa shape index (κ1) is 13.5. The van der Waals surface area contributed by atoms with Crippen molar-refractivity contribution in [2.45, 2.75) is 0 Å². The van der Waals surface area contributed by atoms with Gasteiger partial charge in [0.25, 0.3) is 0 Å². The Kier molecular flexibility index (Phi) is 4.29. The van der Waals surface area contributed by atoms with E-state index in [-0.39, 0.29) is 5.78 Å². The van der Waals surface area contributed by atoms with Crippen molar-refractivity contribution in [3.8, 4) is 0 Å². The third-order valence-corrected chi connectivity index (χ3v) is 2.52. The molecule has 20 heavy (non-hydrogen) atoms. The number of amides is 1. The molecule has 4 heteroatoms. The van der Waals surface area contributed by atoms with Gasteiger partial charge in [-0.1, -0.05) is 30.3 Å². The molecule has 1 heterocycles. The minimum absolute atomic E-state index is 0.101. The number of primary amides is 1. The van der Waals surface area contributed by atoms with Crippen LogP contribution in [0.25, 0.3) is 12.2 Å². The Bertz CT molecular complexity index is 666. The summed E-state index contributed by atoms with van der Waals surface area (Å²) < 4.78 is 5.39. The molecule has 0 radical (unpaired) electrons. The summed E-state index contributed by atoms with van der Waals surface area (Å²) in [4.78, 5) is 22.4. The molecule has 0 aliphatic rings. The van der Waals surface area contributed by atoms with Crippen LogP contribution in [0.15, 0.2) is 59.0 Å². The maximum Gasteiger partial charge on any atom is 0.241 e. The Morgan fingerprint density at radius 2 is 1.50 bits per heavy atom. The minimum atomic E-state index is -0.544. The van der Waals surface area contributed by atoms with E-state index in [0.717, 1.165) is 0 Å². The van der Waals surface area contributed by atoms with Crippen molar-refractivity contribution in [2.24, 2.45) is 5.73 Å². The summed E-state index contributed by atoms with van der Waals surface area (Å²) in [6.07, 6.45) is 5.70. The molecule has 2 aromatic rings. The van der Waals surface area contributed by atoms with Gasteiger partial charge < -0.3 is 10.2 Å². The molecule has 2 N–H and O–H groups in total. The van der Waals surface area contributed by atoms with Crippen LogP contribution in [0.3, 0.4) is 0 Å². The zero-order valence-electron chi connectivity index (χ0n) is 10.7. The fraction of sp³-hybridized carbons (Fsp3) is 0. The van der Waals surface area contributed by atoms with E-state index in [0.29, 0.717) is 17.1 Å². The van der Waals surface area contributed by atoms with Crippen molar-refractivity contribution in [2.75, 3.05) is 0 Å². The molecule has 0 aliphatic heterocycles. The highest BCUT2D eigenvalue weighted by atomic mass is 16.3. The van der Waals surface area contributed by atoms with Crippen LogP contribution in [-0.2, 0) is 4.79 Å². The molecule has 0 aliphatic carbocycles. The molecule has 0 atom stereocenters. The lowest BCUT2D eigenvalue weighted by molar-refractivity contribution is -0.113. The summed E-state index contributed by atoms with van der Waals surface area (Å²) in [5, 5.41) is 0. The highest BCUT2D eigenvalue weighted by Crippen LogP contribution is 2.12. The van der Waals surface area contributed by atoms with E-state index >= 15 is 0 Å². The number of ketones is 1. The van der Waals surface area contributed by atoms with Crippen LogP contribution < -0.4 is 5.73 Å². The molecule has 0 bridgehead atoms. The second-order valence-corrected chi connectivity index (χ2v) is 4.04. The van der Waals surface area contributed by atoms with Gasteiger partial charge in [-0.2, -0.15) is 0 Å². The summed E-state index contributed by atoms with van der Waals surface area (Å²) in [5.74, 6) is 0.378. The largest absolute Gasteiger partial charge is 0.457 e. The van der Waals surface area contributed by atoms with Crippen LogP contribution in [0, 0.1) is 0 Å². The molecule has 1 amide bonds. The molecule has 100 valence electrons. The zero-order valence-corrected chi connectivity index (χ0v) is 10.7. The summed E-state index contributed by atoms with van der Waals surface area (Å²) >= 11 is 0. The Hall–Kier alpha value is -2.88. The summed E-state index contributed by atoms with van der Waals surface area (Å²) in [5.41, 5.74) is 5.60. The second kappa shape index (κ2) is 6.33. The number of carbonyl (C=O) groups is 2. The molecule has 1 aromatic heterocycles. The average Bonchev–Trinajstić information content (AvgIpc) is 2.91. The number of hydrogen-bond donors (Lipinski definition) is 1. The molecule has 0 saturated heterocycles. The Labute approximate surface area is 116 Å². The van der Waals surface area contributed by atoms with Crippen molar-refractivity contribution in [3.63, 3.8) is 0 Å². The molecular formula is C16H13NO3. The maximum atomic E-state index is 11.8.